The van der Waals surface area contributed by atoms with Crippen molar-refractivity contribution in [3.8, 4) is 5.75 Å². The largest absolute Gasteiger partial charge is 0.484 e. The lowest BCUT2D eigenvalue weighted by Crippen LogP contribution is -2.22. The van der Waals surface area contributed by atoms with Crippen molar-refractivity contribution >= 4 is 29.0 Å². The van der Waals surface area contributed by atoms with Crippen LogP contribution < -0.4 is 15.4 Å². The van der Waals surface area contributed by atoms with E-state index in [1.54, 1.807) is 0 Å². The molecular weight excluding hydrogens is 377 g/mol. The van der Waals surface area contributed by atoms with Gasteiger partial charge in [0, 0.05) is 18.2 Å². The Balaban J connectivity index is 2.08. The molecule has 0 unspecified atom stereocenters. The topological polar surface area (TPSA) is 84.5 Å². The fourth-order valence-corrected chi connectivity index (χ4v) is 2.29. The Hall–Kier alpha value is -3.36. The number of rotatable bonds is 6. The highest BCUT2D eigenvalue weighted by Gasteiger charge is 2.34. The minimum Gasteiger partial charge on any atom is -0.484 e. The Bertz CT molecular complexity index is 893. The average molecular weight is 394 g/mol. The number of nitrogens with one attached hydrogen (secondary N) is 2. The van der Waals surface area contributed by atoms with E-state index in [1.165, 1.54) is 44.2 Å². The maximum absolute atomic E-state index is 13.2. The molecule has 0 saturated heterocycles. The van der Waals surface area contributed by atoms with Crippen molar-refractivity contribution in [2.24, 2.45) is 0 Å². The molecule has 148 valence electrons. The van der Waals surface area contributed by atoms with Gasteiger partial charge in [0.1, 0.15) is 5.75 Å². The van der Waals surface area contributed by atoms with Crippen LogP contribution in [-0.4, -0.2) is 24.2 Å². The molecule has 0 atom stereocenters. The summed E-state index contributed by atoms with van der Waals surface area (Å²) in [5, 5.41) is 4.40. The number of Topliss-reactive ketones (excluding diaryl/α,β-unsaturated/α-hetero) is 1. The lowest BCUT2D eigenvalue weighted by molar-refractivity contribution is -0.137. The summed E-state index contributed by atoms with van der Waals surface area (Å²) in [6.45, 7) is 2.05. The number of carbonyl (C=O) groups excluding carboxylic acids is 3. The van der Waals surface area contributed by atoms with Gasteiger partial charge in [-0.15, -0.1) is 0 Å². The first-order chi connectivity index (χ1) is 13.1. The minimum atomic E-state index is -4.74. The van der Waals surface area contributed by atoms with Crippen LogP contribution in [0.2, 0.25) is 0 Å². The van der Waals surface area contributed by atoms with Crippen LogP contribution in [0, 0.1) is 0 Å². The van der Waals surface area contributed by atoms with Crippen LogP contribution in [0.5, 0.6) is 5.75 Å². The second-order valence-corrected chi connectivity index (χ2v) is 5.86. The second-order valence-electron chi connectivity index (χ2n) is 5.86. The summed E-state index contributed by atoms with van der Waals surface area (Å²) < 4.78 is 45.0. The summed E-state index contributed by atoms with van der Waals surface area (Å²) in [5.41, 5.74) is -1.13. The number of hydrogen-bond acceptors (Lipinski definition) is 4. The maximum atomic E-state index is 13.2. The van der Waals surface area contributed by atoms with Gasteiger partial charge < -0.3 is 15.4 Å². The number of anilines is 2. The molecule has 2 rings (SSSR count). The smallest absolute Gasteiger partial charge is 0.418 e. The van der Waals surface area contributed by atoms with Gasteiger partial charge in [0.25, 0.3) is 5.91 Å². The van der Waals surface area contributed by atoms with Crippen molar-refractivity contribution in [1.29, 1.82) is 0 Å². The Morgan fingerprint density at radius 2 is 1.61 bits per heavy atom. The standard InChI is InChI=1S/C19H17F3N2O4/c1-11(25)13-3-6-15(7-4-13)28-10-18(27)24-17-8-5-14(23-12(2)26)9-16(17)19(20,21)22/h3-9H,10H2,1-2H3,(H,23,26)(H,24,27). The zero-order chi connectivity index (χ0) is 20.9. The third kappa shape index (κ3) is 5.83. The van der Waals surface area contributed by atoms with Gasteiger partial charge in [0.05, 0.1) is 11.3 Å². The lowest BCUT2D eigenvalue weighted by Gasteiger charge is -2.16. The molecule has 0 aromatic heterocycles. The van der Waals surface area contributed by atoms with Crippen LogP contribution in [0.4, 0.5) is 24.5 Å². The Morgan fingerprint density at radius 1 is 0.964 bits per heavy atom. The Morgan fingerprint density at radius 3 is 2.14 bits per heavy atom. The molecule has 9 heteroatoms. The van der Waals surface area contributed by atoms with Gasteiger partial charge in [-0.1, -0.05) is 0 Å². The number of carbonyl (C=O) groups is 3. The van der Waals surface area contributed by atoms with Gasteiger partial charge in [-0.05, 0) is 49.4 Å². The van der Waals surface area contributed by atoms with E-state index >= 15 is 0 Å². The molecule has 2 aromatic carbocycles. The van der Waals surface area contributed by atoms with E-state index in [9.17, 15) is 27.6 Å². The predicted octanol–water partition coefficient (Wildman–Crippen LogP) is 3.88. The second kappa shape index (κ2) is 8.55. The molecule has 0 fully saturated rings. The SMILES string of the molecule is CC(=O)Nc1ccc(NC(=O)COc2ccc(C(C)=O)cc2)c(C(F)(F)F)c1. The highest BCUT2D eigenvalue weighted by Crippen LogP contribution is 2.36. The van der Waals surface area contributed by atoms with Gasteiger partial charge in [0.15, 0.2) is 12.4 Å². The first-order valence-electron chi connectivity index (χ1n) is 8.09. The highest BCUT2D eigenvalue weighted by molar-refractivity contribution is 5.95. The summed E-state index contributed by atoms with van der Waals surface area (Å²) in [7, 11) is 0. The minimum absolute atomic E-state index is 0.0420. The van der Waals surface area contributed by atoms with E-state index in [-0.39, 0.29) is 17.2 Å². The van der Waals surface area contributed by atoms with E-state index in [4.69, 9.17) is 4.74 Å². The van der Waals surface area contributed by atoms with E-state index < -0.39 is 35.8 Å². The zero-order valence-corrected chi connectivity index (χ0v) is 15.0. The highest BCUT2D eigenvalue weighted by atomic mass is 19.4. The lowest BCUT2D eigenvalue weighted by atomic mass is 10.1. The van der Waals surface area contributed by atoms with Crippen LogP contribution in [-0.2, 0) is 15.8 Å². The molecule has 2 amide bonds. The third-order valence-corrected chi connectivity index (χ3v) is 3.55. The molecule has 0 aliphatic rings. The van der Waals surface area contributed by atoms with Crippen molar-refractivity contribution in [3.05, 3.63) is 53.6 Å². The molecule has 6 nitrogen and oxygen atoms in total. The molecule has 0 saturated carbocycles. The number of ether oxygens (including phenoxy) is 1. The quantitative estimate of drug-likeness (QED) is 0.729. The first-order valence-corrected chi connectivity index (χ1v) is 8.09. The van der Waals surface area contributed by atoms with Gasteiger partial charge in [0.2, 0.25) is 5.91 Å². The van der Waals surface area contributed by atoms with Gasteiger partial charge in [-0.25, -0.2) is 0 Å². The normalized spacial score (nSPS) is 10.9. The number of hydrogen-bond donors (Lipinski definition) is 2. The third-order valence-electron chi connectivity index (χ3n) is 3.55. The molecule has 0 heterocycles. The van der Waals surface area contributed by atoms with Crippen molar-refractivity contribution in [2.75, 3.05) is 17.2 Å². The van der Waals surface area contributed by atoms with E-state index in [0.717, 1.165) is 12.1 Å². The molecule has 28 heavy (non-hydrogen) atoms. The number of amides is 2. The van der Waals surface area contributed by atoms with Crippen LogP contribution in [0.15, 0.2) is 42.5 Å². The molecule has 2 aromatic rings. The average Bonchev–Trinajstić information content (AvgIpc) is 2.60. The van der Waals surface area contributed by atoms with Crippen molar-refractivity contribution in [3.63, 3.8) is 0 Å². The summed E-state index contributed by atoms with van der Waals surface area (Å²) in [5.74, 6) is -1.16. The first kappa shape index (κ1) is 20.9. The predicted molar refractivity (Wildman–Crippen MR) is 96.3 cm³/mol. The van der Waals surface area contributed by atoms with Crippen molar-refractivity contribution in [2.45, 2.75) is 20.0 Å². The van der Waals surface area contributed by atoms with Crippen LogP contribution in [0.3, 0.4) is 0 Å². The van der Waals surface area contributed by atoms with E-state index in [2.05, 4.69) is 10.6 Å². The van der Waals surface area contributed by atoms with Crippen LogP contribution in [0.1, 0.15) is 29.8 Å². The molecular formula is C19H17F3N2O4. The molecule has 0 bridgehead atoms. The molecule has 0 aliphatic carbocycles. The van der Waals surface area contributed by atoms with Crippen LogP contribution in [0.25, 0.3) is 0 Å². The van der Waals surface area contributed by atoms with Crippen molar-refractivity contribution < 1.29 is 32.3 Å². The fraction of sp³-hybridized carbons (Fsp3) is 0.211. The summed E-state index contributed by atoms with van der Waals surface area (Å²) in [6, 6.07) is 9.01. The fourth-order valence-electron chi connectivity index (χ4n) is 2.29. The molecule has 2 N–H and O–H groups in total. The van der Waals surface area contributed by atoms with Crippen LogP contribution >= 0.6 is 0 Å². The zero-order valence-electron chi connectivity index (χ0n) is 15.0. The number of ketones is 1. The van der Waals surface area contributed by atoms with Gasteiger partial charge >= 0.3 is 6.18 Å². The molecule has 0 spiro atoms. The summed E-state index contributed by atoms with van der Waals surface area (Å²) in [6.07, 6.45) is -4.74. The van der Waals surface area contributed by atoms with Gasteiger partial charge in [-0.3, -0.25) is 14.4 Å². The van der Waals surface area contributed by atoms with Gasteiger partial charge in [-0.2, -0.15) is 13.2 Å². The summed E-state index contributed by atoms with van der Waals surface area (Å²) >= 11 is 0. The Labute approximate surface area is 158 Å². The van der Waals surface area contributed by atoms with Crippen molar-refractivity contribution in [1.82, 2.24) is 0 Å². The molecule has 0 aliphatic heterocycles. The number of benzene rings is 2. The Kier molecular flexibility index (Phi) is 6.40. The monoisotopic (exact) mass is 394 g/mol. The number of halogens is 3. The maximum Gasteiger partial charge on any atom is 0.418 e. The van der Waals surface area contributed by atoms with E-state index in [0.29, 0.717) is 5.56 Å². The molecule has 0 radical (unpaired) electrons. The van der Waals surface area contributed by atoms with E-state index in [1.807, 2.05) is 0 Å². The summed E-state index contributed by atoms with van der Waals surface area (Å²) in [4.78, 5) is 34.2. The number of alkyl halides is 3.